The molecule has 2 saturated heterocycles. The molecule has 79 heavy (non-hydrogen) atoms. The topological polar surface area (TPSA) is 310 Å². The Morgan fingerprint density at radius 2 is 0.987 bits per heavy atom. The Hall–Kier alpha value is -6.36. The van der Waals surface area contributed by atoms with Gasteiger partial charge in [0.2, 0.25) is 47.3 Å². The fourth-order valence-corrected chi connectivity index (χ4v) is 10.6. The van der Waals surface area contributed by atoms with Crippen molar-refractivity contribution in [1.82, 2.24) is 45.3 Å². The first-order valence-corrected chi connectivity index (χ1v) is 27.8. The number of carbonyl (C=O) groups excluding carboxylic acids is 10. The zero-order chi connectivity index (χ0) is 60.8. The van der Waals surface area contributed by atoms with Crippen molar-refractivity contribution in [2.45, 2.75) is 202 Å². The molecule has 24 nitrogen and oxygen atoms in total. The van der Waals surface area contributed by atoms with Gasteiger partial charge in [0.1, 0.15) is 54.4 Å². The number of fused-ring (bicyclic) bond motifs is 1. The van der Waals surface area contributed by atoms with E-state index in [9.17, 15) is 67.7 Å². The van der Waals surface area contributed by atoms with Gasteiger partial charge in [-0.15, -0.1) is 0 Å². The lowest BCUT2D eigenvalue weighted by Gasteiger charge is -2.41. The molecule has 5 N–H and O–H groups in total. The summed E-state index contributed by atoms with van der Waals surface area (Å²) in [6.07, 6.45) is -1.55. The van der Waals surface area contributed by atoms with Gasteiger partial charge in [-0.25, -0.2) is 4.79 Å². The van der Waals surface area contributed by atoms with E-state index in [0.717, 1.165) is 19.6 Å². The third-order valence-electron chi connectivity index (χ3n) is 15.5. The molecule has 2 aliphatic heterocycles. The summed E-state index contributed by atoms with van der Waals surface area (Å²) in [4.78, 5) is 177. The standard InChI is InChI=1S/C55H93N9O15/c1-19-32(11)44-48(71)56-35(26-39(65)66)50(73)60(15)42(30(7)8)46(69)57-36(25-28(3)4)55(78)79-34(13)49(72)64-24-22-21-23-37(64)51(74)61(16)43(31(9)10)47(70)58-41(29(5)6)53(76)59(14)38(27-40(67)68)52(75)63(18)45(33(12)20-2)54(77)62(44)17/h28-38,41-45H,19-27H2,1-18H3,(H,56,71)(H,57,69)(H,58,70)(H,65,66)(H,67,68)/t32-,33-,34+,35-,36-,37-,38-,41+,42-,43-,44-,45-/m0/s1. The number of hydrogen-bond acceptors (Lipinski definition) is 13. The van der Waals surface area contributed by atoms with E-state index in [2.05, 4.69) is 16.0 Å². The number of aliphatic carboxylic acids is 2. The number of nitrogens with one attached hydrogen (secondary N) is 3. The van der Waals surface area contributed by atoms with Crippen LogP contribution in [0.15, 0.2) is 0 Å². The summed E-state index contributed by atoms with van der Waals surface area (Å²) >= 11 is 0. The average Bonchev–Trinajstić information content (AvgIpc) is 3.36. The molecule has 2 heterocycles. The van der Waals surface area contributed by atoms with Crippen molar-refractivity contribution in [2.75, 3.05) is 41.8 Å². The van der Waals surface area contributed by atoms with Crippen molar-refractivity contribution in [3.8, 4) is 0 Å². The highest BCUT2D eigenvalue weighted by atomic mass is 16.5. The molecule has 448 valence electrons. The van der Waals surface area contributed by atoms with Crippen molar-refractivity contribution in [2.24, 2.45) is 35.5 Å². The summed E-state index contributed by atoms with van der Waals surface area (Å²) < 4.78 is 5.75. The Balaban J connectivity index is 3.01. The number of ether oxygens (including phenoxy) is 1. The first kappa shape index (κ1) is 68.7. The lowest BCUT2D eigenvalue weighted by atomic mass is 9.92. The van der Waals surface area contributed by atoms with Crippen LogP contribution in [0, 0.1) is 35.5 Å². The monoisotopic (exact) mass is 1120 g/mol. The molecular formula is C55H93N9O15. The van der Waals surface area contributed by atoms with E-state index in [0.29, 0.717) is 12.8 Å². The van der Waals surface area contributed by atoms with Gasteiger partial charge >= 0.3 is 17.9 Å². The summed E-state index contributed by atoms with van der Waals surface area (Å²) in [5, 5.41) is 28.2. The number of rotatable bonds is 13. The second kappa shape index (κ2) is 30.3. The van der Waals surface area contributed by atoms with Crippen LogP contribution in [0.25, 0.3) is 0 Å². The molecule has 24 heteroatoms. The van der Waals surface area contributed by atoms with Crippen LogP contribution in [-0.2, 0) is 62.3 Å². The number of amides is 9. The molecule has 0 radical (unpaired) electrons. The number of carboxylic acids is 2. The van der Waals surface area contributed by atoms with Crippen molar-refractivity contribution >= 4 is 71.1 Å². The molecule has 2 fully saturated rings. The number of carbonyl (C=O) groups is 12. The zero-order valence-corrected chi connectivity index (χ0v) is 50.0. The highest BCUT2D eigenvalue weighted by Gasteiger charge is 2.46. The maximum absolute atomic E-state index is 15.0. The Morgan fingerprint density at radius 1 is 0.532 bits per heavy atom. The Bertz CT molecular complexity index is 2220. The van der Waals surface area contributed by atoms with Gasteiger partial charge in [0.05, 0.1) is 12.8 Å². The van der Waals surface area contributed by atoms with E-state index in [1.807, 2.05) is 0 Å². The largest absolute Gasteiger partial charge is 0.481 e. The molecule has 0 aromatic carbocycles. The molecule has 0 aromatic rings. The second-order valence-electron chi connectivity index (χ2n) is 23.1. The van der Waals surface area contributed by atoms with Crippen molar-refractivity contribution in [1.29, 1.82) is 0 Å². The Labute approximate surface area is 466 Å². The van der Waals surface area contributed by atoms with Crippen molar-refractivity contribution in [3.63, 3.8) is 0 Å². The molecule has 0 aliphatic carbocycles. The summed E-state index contributed by atoms with van der Waals surface area (Å²) in [5.41, 5.74) is 0. The van der Waals surface area contributed by atoms with Crippen LogP contribution in [0.1, 0.15) is 141 Å². The normalized spacial score (nSPS) is 28.0. The predicted molar refractivity (Wildman–Crippen MR) is 291 cm³/mol. The van der Waals surface area contributed by atoms with Gasteiger partial charge in [0, 0.05) is 41.8 Å². The molecule has 0 saturated carbocycles. The minimum Gasteiger partial charge on any atom is -0.481 e. The molecule has 12 atom stereocenters. The number of hydrogen-bond donors (Lipinski definition) is 5. The van der Waals surface area contributed by atoms with E-state index >= 15 is 0 Å². The summed E-state index contributed by atoms with van der Waals surface area (Å²) in [6.45, 7) is 21.6. The molecule has 9 amide bonds. The minimum absolute atomic E-state index is 0.0213. The molecule has 0 unspecified atom stereocenters. The molecule has 0 bridgehead atoms. The predicted octanol–water partition coefficient (Wildman–Crippen LogP) is 1.96. The number of esters is 1. The van der Waals surface area contributed by atoms with Crippen LogP contribution in [-0.4, -0.2) is 213 Å². The lowest BCUT2D eigenvalue weighted by Crippen LogP contribution is -2.63. The van der Waals surface area contributed by atoms with Crippen molar-refractivity contribution in [3.05, 3.63) is 0 Å². The third-order valence-corrected chi connectivity index (χ3v) is 15.5. The number of likely N-dealkylation sites (N-methyl/N-ethyl adjacent to an activating group) is 5. The fourth-order valence-electron chi connectivity index (χ4n) is 10.6. The highest BCUT2D eigenvalue weighted by Crippen LogP contribution is 2.27. The van der Waals surface area contributed by atoms with Gasteiger partial charge in [0.15, 0.2) is 6.10 Å². The van der Waals surface area contributed by atoms with Gasteiger partial charge in [-0.05, 0) is 68.1 Å². The van der Waals surface area contributed by atoms with Gasteiger partial charge in [-0.2, -0.15) is 0 Å². The lowest BCUT2D eigenvalue weighted by molar-refractivity contribution is -0.165. The van der Waals surface area contributed by atoms with Crippen LogP contribution in [0.4, 0.5) is 0 Å². The number of piperidine rings is 1. The maximum Gasteiger partial charge on any atom is 0.329 e. The van der Waals surface area contributed by atoms with E-state index in [-0.39, 0.29) is 38.1 Å². The fraction of sp³-hybridized carbons (Fsp3) is 0.782. The molecule has 0 aromatic heterocycles. The highest BCUT2D eigenvalue weighted by molar-refractivity contribution is 6.00. The average molecular weight is 1120 g/mol. The first-order valence-electron chi connectivity index (χ1n) is 27.8. The van der Waals surface area contributed by atoms with Crippen LogP contribution in [0.5, 0.6) is 0 Å². The molecule has 2 aliphatic rings. The third kappa shape index (κ3) is 17.6. The Kier molecular flexibility index (Phi) is 26.4. The number of cyclic esters (lactones) is 1. The SMILES string of the molecule is CC[C@H](C)[C@H]1C(=O)N[C@@H](CC(=O)O)C(=O)N(C)[C@@H](C(C)C)C(=O)N[C@@H](CC(C)C)C(=O)O[C@H](C)C(=O)N2CCCC[C@H]2C(=O)N(C)[C@@H](C(C)C)C(=O)N[C@H](C(C)C)C(=O)N(C)[C@@H](CC(=O)O)C(=O)N(C)[C@@H]([C@@H](C)CC)C(=O)N1C. The summed E-state index contributed by atoms with van der Waals surface area (Å²) in [7, 11) is 6.43. The quantitative estimate of drug-likeness (QED) is 0.165. The molecular weight excluding hydrogens is 1030 g/mol. The van der Waals surface area contributed by atoms with Crippen LogP contribution >= 0.6 is 0 Å². The van der Waals surface area contributed by atoms with Crippen LogP contribution in [0.3, 0.4) is 0 Å². The molecule has 0 spiro atoms. The molecule has 2 rings (SSSR count). The van der Waals surface area contributed by atoms with E-state index in [1.54, 1.807) is 83.1 Å². The van der Waals surface area contributed by atoms with Crippen LogP contribution < -0.4 is 16.0 Å². The second-order valence-corrected chi connectivity index (χ2v) is 23.1. The summed E-state index contributed by atoms with van der Waals surface area (Å²) in [5.74, 6) is -14.9. The zero-order valence-electron chi connectivity index (χ0n) is 50.0. The minimum atomic E-state index is -1.80. The Morgan fingerprint density at radius 3 is 1.47 bits per heavy atom. The van der Waals surface area contributed by atoms with Gasteiger partial charge < -0.3 is 60.3 Å². The maximum atomic E-state index is 15.0. The van der Waals surface area contributed by atoms with Crippen LogP contribution in [0.2, 0.25) is 0 Å². The number of carboxylic acid groups (broad SMARTS) is 2. The first-order chi connectivity index (χ1) is 36.6. The van der Waals surface area contributed by atoms with E-state index in [4.69, 9.17) is 4.74 Å². The van der Waals surface area contributed by atoms with Gasteiger partial charge in [0.25, 0.3) is 5.91 Å². The van der Waals surface area contributed by atoms with Gasteiger partial charge in [-0.3, -0.25) is 52.7 Å². The van der Waals surface area contributed by atoms with Gasteiger partial charge in [-0.1, -0.05) is 95.9 Å². The van der Waals surface area contributed by atoms with E-state index < -0.39 is 174 Å². The van der Waals surface area contributed by atoms with E-state index in [1.165, 1.54) is 52.0 Å². The summed E-state index contributed by atoms with van der Waals surface area (Å²) in [6, 6.07) is -12.8. The number of nitrogens with zero attached hydrogens (tertiary/aromatic N) is 6. The van der Waals surface area contributed by atoms with Crippen molar-refractivity contribution < 1.29 is 72.5 Å². The smallest absolute Gasteiger partial charge is 0.329 e.